The highest BCUT2D eigenvalue weighted by molar-refractivity contribution is 6.03. The molecule has 2 atom stereocenters. The molecule has 0 aromatic rings. The van der Waals surface area contributed by atoms with Gasteiger partial charge in [0.25, 0.3) is 0 Å². The molecule has 0 amide bonds. The molecule has 1 unspecified atom stereocenters. The first-order valence-corrected chi connectivity index (χ1v) is 2.67. The Morgan fingerprint density at radius 2 is 2.57 bits per heavy atom. The minimum absolute atomic E-state index is 0.292. The summed E-state index contributed by atoms with van der Waals surface area (Å²) in [7, 11) is 0. The molecule has 38 valence electrons. The van der Waals surface area contributed by atoms with Crippen molar-refractivity contribution in [2.75, 3.05) is 6.54 Å². The fourth-order valence-electron chi connectivity index (χ4n) is 1.24. The smallest absolute Gasteiger partial charge is 0.155 e. The number of fused-ring (bicyclic) bond motifs is 1. The van der Waals surface area contributed by atoms with E-state index in [4.69, 9.17) is 0 Å². The summed E-state index contributed by atoms with van der Waals surface area (Å²) in [5.74, 6) is 0.867. The Morgan fingerprint density at radius 1 is 1.71 bits per heavy atom. The lowest BCUT2D eigenvalue weighted by Crippen LogP contribution is -2.14. The molecule has 2 heteroatoms. The highest BCUT2D eigenvalue weighted by Crippen LogP contribution is 2.32. The van der Waals surface area contributed by atoms with Crippen molar-refractivity contribution in [3.05, 3.63) is 0 Å². The Bertz CT molecular complexity index is 109. The van der Waals surface area contributed by atoms with Crippen molar-refractivity contribution >= 4 is 5.78 Å². The Morgan fingerprint density at radius 3 is 2.86 bits per heavy atom. The lowest BCUT2D eigenvalue weighted by atomic mass is 10.3. The number of carbonyl (C=O) groups is 1. The summed E-state index contributed by atoms with van der Waals surface area (Å²) in [4.78, 5) is 10.4. The van der Waals surface area contributed by atoms with Gasteiger partial charge in [-0.3, -0.25) is 4.79 Å². The molecule has 0 aromatic carbocycles. The molecule has 1 aliphatic carbocycles. The summed E-state index contributed by atoms with van der Waals surface area (Å²) in [6, 6.07) is 0.292. The number of nitrogens with one attached hydrogen (secondary N) is 1. The average molecular weight is 97.1 g/mol. The maximum Gasteiger partial charge on any atom is 0.155 e. The SMILES string of the molecule is O=C1C2CCN[C@@H]12. The highest BCUT2D eigenvalue weighted by Gasteiger charge is 2.51. The number of hydrogen-bond donors (Lipinski definition) is 1. The number of ketones is 1. The van der Waals surface area contributed by atoms with Gasteiger partial charge in [0, 0.05) is 5.92 Å². The molecule has 2 nitrogen and oxygen atoms in total. The third-order valence-corrected chi connectivity index (χ3v) is 1.78. The van der Waals surface area contributed by atoms with Crippen LogP contribution in [0.25, 0.3) is 0 Å². The largest absolute Gasteiger partial charge is 0.307 e. The molecule has 1 N–H and O–H groups in total. The van der Waals surface area contributed by atoms with Gasteiger partial charge in [-0.25, -0.2) is 0 Å². The van der Waals surface area contributed by atoms with Crippen LogP contribution in [-0.4, -0.2) is 18.4 Å². The lowest BCUT2D eigenvalue weighted by molar-refractivity contribution is -0.112. The van der Waals surface area contributed by atoms with E-state index in [1.807, 2.05) is 0 Å². The van der Waals surface area contributed by atoms with Gasteiger partial charge in [0.05, 0.1) is 6.04 Å². The monoisotopic (exact) mass is 97.1 g/mol. The van der Waals surface area contributed by atoms with Gasteiger partial charge in [0.2, 0.25) is 0 Å². The third-order valence-electron chi connectivity index (χ3n) is 1.78. The fraction of sp³-hybridized carbons (Fsp3) is 0.800. The van der Waals surface area contributed by atoms with Crippen molar-refractivity contribution in [2.45, 2.75) is 12.5 Å². The van der Waals surface area contributed by atoms with Gasteiger partial charge >= 0.3 is 0 Å². The van der Waals surface area contributed by atoms with E-state index < -0.39 is 0 Å². The summed E-state index contributed by atoms with van der Waals surface area (Å²) >= 11 is 0. The summed E-state index contributed by atoms with van der Waals surface area (Å²) in [5, 5.41) is 3.09. The first kappa shape index (κ1) is 3.61. The van der Waals surface area contributed by atoms with Crippen LogP contribution in [0.4, 0.5) is 0 Å². The van der Waals surface area contributed by atoms with E-state index in [1.165, 1.54) is 0 Å². The van der Waals surface area contributed by atoms with Crippen molar-refractivity contribution in [3.8, 4) is 0 Å². The molecular weight excluding hydrogens is 90.1 g/mol. The summed E-state index contributed by atoms with van der Waals surface area (Å²) in [6.45, 7) is 1.06. The predicted octanol–water partition coefficient (Wildman–Crippen LogP) is -0.453. The topological polar surface area (TPSA) is 29.1 Å². The first-order chi connectivity index (χ1) is 3.39. The quantitative estimate of drug-likeness (QED) is 0.443. The predicted molar refractivity (Wildman–Crippen MR) is 24.9 cm³/mol. The summed E-state index contributed by atoms with van der Waals surface area (Å²) in [6.07, 6.45) is 1.09. The normalized spacial score (nSPS) is 46.6. The van der Waals surface area contributed by atoms with Gasteiger partial charge in [0.15, 0.2) is 5.78 Å². The van der Waals surface area contributed by atoms with Crippen LogP contribution in [0.3, 0.4) is 0 Å². The fourth-order valence-corrected chi connectivity index (χ4v) is 1.24. The number of rotatable bonds is 0. The van der Waals surface area contributed by atoms with Gasteiger partial charge in [-0.05, 0) is 13.0 Å². The van der Waals surface area contributed by atoms with E-state index in [0.29, 0.717) is 17.7 Å². The van der Waals surface area contributed by atoms with Crippen molar-refractivity contribution < 1.29 is 4.79 Å². The Kier molecular flexibility index (Phi) is 0.460. The summed E-state index contributed by atoms with van der Waals surface area (Å²) in [5.41, 5.74) is 0. The molecule has 0 spiro atoms. The van der Waals surface area contributed by atoms with Crippen LogP contribution in [-0.2, 0) is 4.79 Å². The number of Topliss-reactive ketones (excluding diaryl/α,β-unsaturated/α-hetero) is 1. The van der Waals surface area contributed by atoms with E-state index in [9.17, 15) is 4.79 Å². The number of carbonyl (C=O) groups excluding carboxylic acids is 1. The van der Waals surface area contributed by atoms with Crippen LogP contribution in [0.15, 0.2) is 0 Å². The van der Waals surface area contributed by atoms with Gasteiger partial charge < -0.3 is 5.32 Å². The van der Waals surface area contributed by atoms with Crippen LogP contribution in [0.1, 0.15) is 6.42 Å². The zero-order chi connectivity index (χ0) is 4.85. The Hall–Kier alpha value is -0.370. The van der Waals surface area contributed by atoms with Crippen molar-refractivity contribution in [2.24, 2.45) is 5.92 Å². The van der Waals surface area contributed by atoms with Gasteiger partial charge in [0.1, 0.15) is 0 Å². The maximum atomic E-state index is 10.4. The Labute approximate surface area is 41.9 Å². The minimum Gasteiger partial charge on any atom is -0.307 e. The number of piperidine rings is 1. The third kappa shape index (κ3) is 0.304. The summed E-state index contributed by atoms with van der Waals surface area (Å²) < 4.78 is 0. The van der Waals surface area contributed by atoms with E-state index in [-0.39, 0.29) is 0 Å². The van der Waals surface area contributed by atoms with E-state index >= 15 is 0 Å². The van der Waals surface area contributed by atoms with Crippen LogP contribution in [0, 0.1) is 5.92 Å². The zero-order valence-electron chi connectivity index (χ0n) is 3.98. The van der Waals surface area contributed by atoms with Crippen LogP contribution in [0.5, 0.6) is 0 Å². The molecule has 1 heterocycles. The first-order valence-electron chi connectivity index (χ1n) is 2.67. The maximum absolute atomic E-state index is 10.4. The molecule has 7 heavy (non-hydrogen) atoms. The molecule has 0 aromatic heterocycles. The molecule has 2 rings (SSSR count). The second kappa shape index (κ2) is 0.892. The molecule has 1 aliphatic heterocycles. The van der Waals surface area contributed by atoms with Crippen LogP contribution in [0.2, 0.25) is 0 Å². The van der Waals surface area contributed by atoms with Crippen molar-refractivity contribution in [1.82, 2.24) is 5.32 Å². The van der Waals surface area contributed by atoms with Crippen LogP contribution >= 0.6 is 0 Å². The minimum atomic E-state index is 0.292. The highest BCUT2D eigenvalue weighted by atomic mass is 16.1. The zero-order valence-corrected chi connectivity index (χ0v) is 3.98. The van der Waals surface area contributed by atoms with Crippen molar-refractivity contribution in [3.63, 3.8) is 0 Å². The average Bonchev–Trinajstić information content (AvgIpc) is 2.26. The van der Waals surface area contributed by atoms with E-state index in [0.717, 1.165) is 13.0 Å². The van der Waals surface area contributed by atoms with Gasteiger partial charge in [-0.1, -0.05) is 0 Å². The second-order valence-corrected chi connectivity index (χ2v) is 2.23. The lowest BCUT2D eigenvalue weighted by Gasteiger charge is -1.85. The molecule has 2 fully saturated rings. The van der Waals surface area contributed by atoms with E-state index in [1.54, 1.807) is 0 Å². The molecule has 1 saturated carbocycles. The molecule has 0 bridgehead atoms. The van der Waals surface area contributed by atoms with Gasteiger partial charge in [-0.15, -0.1) is 0 Å². The number of hydrogen-bond acceptors (Lipinski definition) is 2. The van der Waals surface area contributed by atoms with Crippen LogP contribution < -0.4 is 5.32 Å². The van der Waals surface area contributed by atoms with Crippen molar-refractivity contribution in [1.29, 1.82) is 0 Å². The molecule has 0 radical (unpaired) electrons. The molecule has 2 aliphatic rings. The Balaban J connectivity index is 2.19. The second-order valence-electron chi connectivity index (χ2n) is 2.23. The molecular formula is C5H7NO. The standard InChI is InChI=1S/C5H7NO/c7-5-3-1-2-6-4(3)5/h3-4,6H,1-2H2/t3?,4-/m1/s1. The molecule has 1 saturated heterocycles. The van der Waals surface area contributed by atoms with E-state index in [2.05, 4.69) is 5.32 Å². The van der Waals surface area contributed by atoms with Gasteiger partial charge in [-0.2, -0.15) is 0 Å².